The van der Waals surface area contributed by atoms with E-state index < -0.39 is 0 Å². The van der Waals surface area contributed by atoms with Crippen LogP contribution in [0.3, 0.4) is 0 Å². The molecular weight excluding hydrogens is 208 g/mol. The van der Waals surface area contributed by atoms with Gasteiger partial charge < -0.3 is 11.1 Å². The molecule has 1 aromatic rings. The Bertz CT molecular complexity index is 372. The molecule has 4 nitrogen and oxygen atoms in total. The molecule has 1 rings (SSSR count). The van der Waals surface area contributed by atoms with Crippen molar-refractivity contribution < 1.29 is 0 Å². The number of thioether (sulfide) groups is 1. The summed E-state index contributed by atoms with van der Waals surface area (Å²) in [6, 6.07) is 3.62. The van der Waals surface area contributed by atoms with Crippen LogP contribution in [0.1, 0.15) is 12.5 Å². The van der Waals surface area contributed by atoms with E-state index in [9.17, 15) is 0 Å². The largest absolute Gasteiger partial charge is 0.396 e. The summed E-state index contributed by atoms with van der Waals surface area (Å²) in [7, 11) is 0. The Labute approximate surface area is 93.9 Å². The van der Waals surface area contributed by atoms with Crippen molar-refractivity contribution in [3.8, 4) is 6.07 Å². The lowest BCUT2D eigenvalue weighted by Gasteiger charge is -2.11. The molecule has 0 radical (unpaired) electrons. The number of pyridine rings is 1. The van der Waals surface area contributed by atoms with Crippen LogP contribution in [0.25, 0.3) is 0 Å². The first kappa shape index (κ1) is 11.7. The van der Waals surface area contributed by atoms with E-state index in [1.54, 1.807) is 17.8 Å². The van der Waals surface area contributed by atoms with Crippen LogP contribution in [0.5, 0.6) is 0 Å². The molecule has 0 saturated heterocycles. The second-order valence-electron chi connectivity index (χ2n) is 3.20. The van der Waals surface area contributed by atoms with E-state index in [0.717, 1.165) is 6.54 Å². The maximum Gasteiger partial charge on any atom is 0.149 e. The standard InChI is InChI=1S/C10H14N4S/c1-7(15-2)5-13-10-9(12)3-8(4-11)6-14-10/h3,6-7H,5,12H2,1-2H3,(H,13,14). The van der Waals surface area contributed by atoms with Crippen LogP contribution in [0, 0.1) is 11.3 Å². The summed E-state index contributed by atoms with van der Waals surface area (Å²) in [6.07, 6.45) is 3.57. The second kappa shape index (κ2) is 5.47. The summed E-state index contributed by atoms with van der Waals surface area (Å²) in [6.45, 7) is 2.93. The van der Waals surface area contributed by atoms with Gasteiger partial charge in [0.15, 0.2) is 0 Å². The van der Waals surface area contributed by atoms with Crippen LogP contribution >= 0.6 is 11.8 Å². The Balaban J connectivity index is 2.67. The first-order valence-corrected chi connectivity index (χ1v) is 5.88. The smallest absolute Gasteiger partial charge is 0.149 e. The highest BCUT2D eigenvalue weighted by atomic mass is 32.2. The zero-order valence-electron chi connectivity index (χ0n) is 8.82. The third-order valence-corrected chi connectivity index (χ3v) is 2.98. The number of nitrogens with one attached hydrogen (secondary N) is 1. The molecule has 0 aromatic carbocycles. The lowest BCUT2D eigenvalue weighted by molar-refractivity contribution is 0.992. The Morgan fingerprint density at radius 3 is 3.00 bits per heavy atom. The fraction of sp³-hybridized carbons (Fsp3) is 0.400. The molecule has 80 valence electrons. The maximum atomic E-state index is 8.64. The van der Waals surface area contributed by atoms with E-state index in [0.29, 0.717) is 22.3 Å². The molecule has 0 bridgehead atoms. The van der Waals surface area contributed by atoms with Crippen molar-refractivity contribution in [3.05, 3.63) is 17.8 Å². The Kier molecular flexibility index (Phi) is 4.25. The van der Waals surface area contributed by atoms with Gasteiger partial charge in [-0.2, -0.15) is 17.0 Å². The van der Waals surface area contributed by atoms with Gasteiger partial charge in [-0.1, -0.05) is 6.92 Å². The molecule has 0 aliphatic rings. The molecule has 3 N–H and O–H groups in total. The molecule has 1 unspecified atom stereocenters. The zero-order valence-corrected chi connectivity index (χ0v) is 9.64. The third kappa shape index (κ3) is 3.33. The van der Waals surface area contributed by atoms with E-state index in [1.807, 2.05) is 6.07 Å². The molecule has 0 amide bonds. The quantitative estimate of drug-likeness (QED) is 0.811. The summed E-state index contributed by atoms with van der Waals surface area (Å²) in [5, 5.41) is 12.3. The van der Waals surface area contributed by atoms with Crippen LogP contribution in [0.2, 0.25) is 0 Å². The highest BCUT2D eigenvalue weighted by molar-refractivity contribution is 7.99. The second-order valence-corrected chi connectivity index (χ2v) is 4.48. The minimum Gasteiger partial charge on any atom is -0.396 e. The Morgan fingerprint density at radius 2 is 2.47 bits per heavy atom. The number of rotatable bonds is 4. The minimum absolute atomic E-state index is 0.482. The van der Waals surface area contributed by atoms with Gasteiger partial charge in [-0.15, -0.1) is 0 Å². The summed E-state index contributed by atoms with van der Waals surface area (Å²) >= 11 is 1.77. The monoisotopic (exact) mass is 222 g/mol. The molecule has 0 fully saturated rings. The Morgan fingerprint density at radius 1 is 1.73 bits per heavy atom. The normalized spacial score (nSPS) is 11.8. The van der Waals surface area contributed by atoms with Crippen molar-refractivity contribution in [3.63, 3.8) is 0 Å². The topological polar surface area (TPSA) is 74.7 Å². The van der Waals surface area contributed by atoms with Crippen LogP contribution in [-0.4, -0.2) is 23.0 Å². The number of nitrogen functional groups attached to an aromatic ring is 1. The van der Waals surface area contributed by atoms with Gasteiger partial charge in [0.05, 0.1) is 11.3 Å². The van der Waals surface area contributed by atoms with Crippen molar-refractivity contribution in [2.75, 3.05) is 23.9 Å². The summed E-state index contributed by atoms with van der Waals surface area (Å²) < 4.78 is 0. The van der Waals surface area contributed by atoms with Crippen molar-refractivity contribution in [2.45, 2.75) is 12.2 Å². The molecule has 1 heterocycles. The van der Waals surface area contributed by atoms with Gasteiger partial charge >= 0.3 is 0 Å². The highest BCUT2D eigenvalue weighted by Gasteiger charge is 2.04. The summed E-state index contributed by atoms with van der Waals surface area (Å²) in [5.41, 5.74) is 6.74. The van der Waals surface area contributed by atoms with Gasteiger partial charge in [0.2, 0.25) is 0 Å². The Hall–Kier alpha value is -1.41. The van der Waals surface area contributed by atoms with Gasteiger partial charge in [-0.3, -0.25) is 0 Å². The van der Waals surface area contributed by atoms with E-state index >= 15 is 0 Å². The molecule has 1 atom stereocenters. The predicted molar refractivity (Wildman–Crippen MR) is 64.8 cm³/mol. The van der Waals surface area contributed by atoms with Gasteiger partial charge in [0.1, 0.15) is 11.9 Å². The molecule has 0 spiro atoms. The van der Waals surface area contributed by atoms with E-state index in [1.165, 1.54) is 6.20 Å². The highest BCUT2D eigenvalue weighted by Crippen LogP contribution is 2.16. The number of aromatic nitrogens is 1. The fourth-order valence-corrected chi connectivity index (χ4v) is 1.26. The van der Waals surface area contributed by atoms with Crippen LogP contribution in [0.15, 0.2) is 12.3 Å². The number of anilines is 2. The molecule has 0 saturated carbocycles. The van der Waals surface area contributed by atoms with Gasteiger partial charge in [0, 0.05) is 18.0 Å². The maximum absolute atomic E-state index is 8.64. The lowest BCUT2D eigenvalue weighted by Crippen LogP contribution is -2.14. The molecule has 0 aliphatic carbocycles. The van der Waals surface area contributed by atoms with Crippen LogP contribution in [0.4, 0.5) is 11.5 Å². The van der Waals surface area contributed by atoms with Gasteiger partial charge in [-0.25, -0.2) is 4.98 Å². The minimum atomic E-state index is 0.482. The third-order valence-electron chi connectivity index (χ3n) is 2.01. The number of nitrogens with two attached hydrogens (primary N) is 1. The SMILES string of the molecule is CSC(C)CNc1ncc(C#N)cc1N. The number of nitrogens with zero attached hydrogens (tertiary/aromatic N) is 2. The van der Waals surface area contributed by atoms with Crippen LogP contribution < -0.4 is 11.1 Å². The lowest BCUT2D eigenvalue weighted by atomic mass is 10.3. The first-order chi connectivity index (χ1) is 7.17. The number of hydrogen-bond acceptors (Lipinski definition) is 5. The molecule has 15 heavy (non-hydrogen) atoms. The van der Waals surface area contributed by atoms with Crippen LogP contribution in [-0.2, 0) is 0 Å². The molecular formula is C10H14N4S. The average Bonchev–Trinajstić information content (AvgIpc) is 2.26. The van der Waals surface area contributed by atoms with Crippen molar-refractivity contribution in [1.29, 1.82) is 5.26 Å². The van der Waals surface area contributed by atoms with E-state index in [4.69, 9.17) is 11.0 Å². The van der Waals surface area contributed by atoms with E-state index in [2.05, 4.69) is 23.5 Å². The van der Waals surface area contributed by atoms with Crippen molar-refractivity contribution in [2.24, 2.45) is 0 Å². The molecule has 1 aromatic heterocycles. The fourth-order valence-electron chi connectivity index (χ4n) is 1.01. The van der Waals surface area contributed by atoms with Gasteiger partial charge in [-0.05, 0) is 12.3 Å². The molecule has 5 heteroatoms. The zero-order chi connectivity index (χ0) is 11.3. The average molecular weight is 222 g/mol. The number of nitriles is 1. The summed E-state index contributed by atoms with van der Waals surface area (Å²) in [4.78, 5) is 4.09. The summed E-state index contributed by atoms with van der Waals surface area (Å²) in [5.74, 6) is 0.648. The first-order valence-electron chi connectivity index (χ1n) is 4.59. The van der Waals surface area contributed by atoms with E-state index in [-0.39, 0.29) is 0 Å². The molecule has 0 aliphatic heterocycles. The van der Waals surface area contributed by atoms with Gasteiger partial charge in [0.25, 0.3) is 0 Å². The predicted octanol–water partition coefficient (Wildman–Crippen LogP) is 1.70. The van der Waals surface area contributed by atoms with Crippen molar-refractivity contribution in [1.82, 2.24) is 4.98 Å². The van der Waals surface area contributed by atoms with Crippen molar-refractivity contribution >= 4 is 23.3 Å². The number of hydrogen-bond donors (Lipinski definition) is 2.